The molecule has 0 aliphatic heterocycles. The number of aryl methyl sites for hydroxylation is 2. The number of nitrogens with zero attached hydrogens (tertiary/aromatic N) is 2. The van der Waals surface area contributed by atoms with E-state index in [2.05, 4.69) is 10.4 Å². The SMILES string of the molecule is CCc1cc(C(=O)Nc2ccc(O)cc2Cl)n(C)n1. The molecule has 1 heterocycles. The van der Waals surface area contributed by atoms with E-state index in [1.165, 1.54) is 16.8 Å². The average Bonchev–Trinajstić information content (AvgIpc) is 2.74. The second-order valence-corrected chi connectivity index (χ2v) is 4.52. The van der Waals surface area contributed by atoms with Crippen molar-refractivity contribution < 1.29 is 9.90 Å². The number of halogens is 1. The number of hydrogen-bond donors (Lipinski definition) is 2. The first-order valence-electron chi connectivity index (χ1n) is 5.84. The number of phenols is 1. The Morgan fingerprint density at radius 3 is 2.79 bits per heavy atom. The van der Waals surface area contributed by atoms with Crippen molar-refractivity contribution in [1.82, 2.24) is 9.78 Å². The number of nitrogens with one attached hydrogen (secondary N) is 1. The molecular weight excluding hydrogens is 266 g/mol. The van der Waals surface area contributed by atoms with E-state index in [1.54, 1.807) is 19.2 Å². The summed E-state index contributed by atoms with van der Waals surface area (Å²) in [4.78, 5) is 12.1. The number of aromatic hydroxyl groups is 1. The Kier molecular flexibility index (Phi) is 3.76. The molecule has 2 aromatic rings. The maximum absolute atomic E-state index is 12.1. The van der Waals surface area contributed by atoms with Gasteiger partial charge >= 0.3 is 0 Å². The average molecular weight is 280 g/mol. The molecule has 0 aliphatic carbocycles. The molecule has 19 heavy (non-hydrogen) atoms. The van der Waals surface area contributed by atoms with Crippen LogP contribution in [0.3, 0.4) is 0 Å². The number of anilines is 1. The third-order valence-electron chi connectivity index (χ3n) is 2.73. The van der Waals surface area contributed by atoms with Crippen LogP contribution in [0.5, 0.6) is 5.75 Å². The second kappa shape index (κ2) is 5.32. The molecular formula is C13H14ClN3O2. The summed E-state index contributed by atoms with van der Waals surface area (Å²) >= 11 is 5.94. The van der Waals surface area contributed by atoms with Gasteiger partial charge in [-0.25, -0.2) is 0 Å². The van der Waals surface area contributed by atoms with E-state index in [9.17, 15) is 9.90 Å². The fourth-order valence-corrected chi connectivity index (χ4v) is 1.93. The molecule has 0 bridgehead atoms. The van der Waals surface area contributed by atoms with Crippen LogP contribution in [0.2, 0.25) is 5.02 Å². The van der Waals surface area contributed by atoms with Crippen LogP contribution in [0.15, 0.2) is 24.3 Å². The molecule has 2 rings (SSSR count). The van der Waals surface area contributed by atoms with E-state index in [-0.39, 0.29) is 16.7 Å². The molecule has 0 spiro atoms. The van der Waals surface area contributed by atoms with Crippen LogP contribution < -0.4 is 5.32 Å². The van der Waals surface area contributed by atoms with Crippen molar-refractivity contribution in [3.63, 3.8) is 0 Å². The topological polar surface area (TPSA) is 67.2 Å². The lowest BCUT2D eigenvalue weighted by atomic mass is 10.2. The predicted octanol–water partition coefficient (Wildman–Crippen LogP) is 2.59. The molecule has 100 valence electrons. The van der Waals surface area contributed by atoms with Crippen molar-refractivity contribution in [1.29, 1.82) is 0 Å². The summed E-state index contributed by atoms with van der Waals surface area (Å²) in [6.07, 6.45) is 0.765. The highest BCUT2D eigenvalue weighted by Gasteiger charge is 2.14. The molecule has 0 unspecified atom stereocenters. The van der Waals surface area contributed by atoms with Crippen LogP contribution in [0.1, 0.15) is 23.1 Å². The Hall–Kier alpha value is -2.01. The summed E-state index contributed by atoms with van der Waals surface area (Å²) < 4.78 is 1.53. The highest BCUT2D eigenvalue weighted by atomic mass is 35.5. The van der Waals surface area contributed by atoms with E-state index in [1.807, 2.05) is 6.92 Å². The summed E-state index contributed by atoms with van der Waals surface area (Å²) in [7, 11) is 1.71. The van der Waals surface area contributed by atoms with Gasteiger partial charge in [-0.3, -0.25) is 9.48 Å². The minimum Gasteiger partial charge on any atom is -0.508 e. The lowest BCUT2D eigenvalue weighted by molar-refractivity contribution is 0.101. The van der Waals surface area contributed by atoms with Gasteiger partial charge in [-0.05, 0) is 24.6 Å². The van der Waals surface area contributed by atoms with E-state index < -0.39 is 0 Å². The first kappa shape index (κ1) is 13.4. The standard InChI is InChI=1S/C13H14ClN3O2/c1-3-8-6-12(17(2)16-8)13(19)15-11-5-4-9(18)7-10(11)14/h4-7,18H,3H2,1-2H3,(H,15,19). The molecule has 0 atom stereocenters. The quantitative estimate of drug-likeness (QED) is 0.849. The van der Waals surface area contributed by atoms with Gasteiger partial charge in [0.2, 0.25) is 0 Å². The zero-order valence-electron chi connectivity index (χ0n) is 10.6. The maximum atomic E-state index is 12.1. The van der Waals surface area contributed by atoms with E-state index in [0.717, 1.165) is 12.1 Å². The Bertz CT molecular complexity index is 622. The number of rotatable bonds is 3. The molecule has 1 amide bonds. The van der Waals surface area contributed by atoms with Gasteiger partial charge in [-0.1, -0.05) is 18.5 Å². The highest BCUT2D eigenvalue weighted by molar-refractivity contribution is 6.34. The van der Waals surface area contributed by atoms with E-state index in [4.69, 9.17) is 11.6 Å². The van der Waals surface area contributed by atoms with Gasteiger partial charge in [0.25, 0.3) is 5.91 Å². The number of phenolic OH excluding ortho intramolecular Hbond substituents is 1. The van der Waals surface area contributed by atoms with Gasteiger partial charge in [0, 0.05) is 13.1 Å². The van der Waals surface area contributed by atoms with Crippen LogP contribution in [0.25, 0.3) is 0 Å². The molecule has 0 aliphatic rings. The first-order chi connectivity index (χ1) is 9.01. The number of carbonyl (C=O) groups is 1. The van der Waals surface area contributed by atoms with Crippen molar-refractivity contribution in [2.75, 3.05) is 5.32 Å². The van der Waals surface area contributed by atoms with E-state index in [0.29, 0.717) is 11.4 Å². The normalized spacial score (nSPS) is 10.5. The fraction of sp³-hybridized carbons (Fsp3) is 0.231. The van der Waals surface area contributed by atoms with Gasteiger partial charge in [0.1, 0.15) is 11.4 Å². The van der Waals surface area contributed by atoms with Crippen LogP contribution in [0.4, 0.5) is 5.69 Å². The summed E-state index contributed by atoms with van der Waals surface area (Å²) in [5.74, 6) is -0.237. The zero-order valence-corrected chi connectivity index (χ0v) is 11.4. The van der Waals surface area contributed by atoms with Gasteiger partial charge < -0.3 is 10.4 Å². The van der Waals surface area contributed by atoms with Crippen LogP contribution >= 0.6 is 11.6 Å². The first-order valence-corrected chi connectivity index (χ1v) is 6.22. The van der Waals surface area contributed by atoms with Gasteiger partial charge in [-0.15, -0.1) is 0 Å². The smallest absolute Gasteiger partial charge is 0.273 e. The minimum absolute atomic E-state index is 0.0526. The molecule has 2 N–H and O–H groups in total. The van der Waals surface area contributed by atoms with Crippen molar-refractivity contribution in [3.05, 3.63) is 40.7 Å². The van der Waals surface area contributed by atoms with Crippen LogP contribution in [-0.4, -0.2) is 20.8 Å². The zero-order chi connectivity index (χ0) is 14.0. The number of carbonyl (C=O) groups excluding carboxylic acids is 1. The third kappa shape index (κ3) is 2.88. The number of amides is 1. The van der Waals surface area contributed by atoms with Crippen molar-refractivity contribution >= 4 is 23.2 Å². The Labute approximate surface area is 115 Å². The fourth-order valence-electron chi connectivity index (χ4n) is 1.70. The highest BCUT2D eigenvalue weighted by Crippen LogP contribution is 2.26. The largest absolute Gasteiger partial charge is 0.508 e. The van der Waals surface area contributed by atoms with Gasteiger partial charge in [0.15, 0.2) is 0 Å². The second-order valence-electron chi connectivity index (χ2n) is 4.12. The summed E-state index contributed by atoms with van der Waals surface area (Å²) in [5.41, 5.74) is 1.76. The van der Waals surface area contributed by atoms with Crippen molar-refractivity contribution in [2.24, 2.45) is 7.05 Å². The minimum atomic E-state index is -0.290. The molecule has 0 radical (unpaired) electrons. The summed E-state index contributed by atoms with van der Waals surface area (Å²) in [6.45, 7) is 1.97. The summed E-state index contributed by atoms with van der Waals surface area (Å²) in [6, 6.07) is 6.12. The molecule has 0 fully saturated rings. The van der Waals surface area contributed by atoms with Crippen molar-refractivity contribution in [2.45, 2.75) is 13.3 Å². The number of hydrogen-bond acceptors (Lipinski definition) is 3. The van der Waals surface area contributed by atoms with E-state index >= 15 is 0 Å². The molecule has 1 aromatic heterocycles. The molecule has 0 saturated carbocycles. The molecule has 1 aromatic carbocycles. The lowest BCUT2D eigenvalue weighted by Crippen LogP contribution is -2.16. The molecule has 0 saturated heterocycles. The van der Waals surface area contributed by atoms with Crippen LogP contribution in [0, 0.1) is 0 Å². The number of benzene rings is 1. The molecule has 5 nitrogen and oxygen atoms in total. The van der Waals surface area contributed by atoms with Crippen LogP contribution in [-0.2, 0) is 13.5 Å². The predicted molar refractivity (Wildman–Crippen MR) is 73.7 cm³/mol. The Morgan fingerprint density at radius 1 is 1.47 bits per heavy atom. The Morgan fingerprint density at radius 2 is 2.21 bits per heavy atom. The number of aromatic nitrogens is 2. The monoisotopic (exact) mass is 279 g/mol. The third-order valence-corrected chi connectivity index (χ3v) is 3.04. The van der Waals surface area contributed by atoms with Gasteiger partial charge in [-0.2, -0.15) is 5.10 Å². The Balaban J connectivity index is 2.23. The molecule has 6 heteroatoms. The maximum Gasteiger partial charge on any atom is 0.273 e. The lowest BCUT2D eigenvalue weighted by Gasteiger charge is -2.07. The van der Waals surface area contributed by atoms with Crippen molar-refractivity contribution in [3.8, 4) is 5.75 Å². The summed E-state index contributed by atoms with van der Waals surface area (Å²) in [5, 5.41) is 16.4. The van der Waals surface area contributed by atoms with Gasteiger partial charge in [0.05, 0.1) is 16.4 Å².